The van der Waals surface area contributed by atoms with Gasteiger partial charge in [0.15, 0.2) is 5.78 Å². The number of para-hydroxylation sites is 1. The number of ketones is 1. The average molecular weight is 344 g/mol. The van der Waals surface area contributed by atoms with Crippen molar-refractivity contribution in [1.82, 2.24) is 9.97 Å². The number of H-pyrrole nitrogens is 1. The van der Waals surface area contributed by atoms with Crippen molar-refractivity contribution >= 4 is 23.0 Å². The Hall–Kier alpha value is -3.08. The van der Waals surface area contributed by atoms with Gasteiger partial charge in [0.25, 0.3) is 0 Å². The lowest BCUT2D eigenvalue weighted by atomic mass is 9.87. The van der Waals surface area contributed by atoms with Gasteiger partial charge in [-0.25, -0.2) is 4.98 Å². The van der Waals surface area contributed by atoms with Crippen LogP contribution < -0.4 is 11.1 Å². The molecule has 2 heterocycles. The summed E-state index contributed by atoms with van der Waals surface area (Å²) >= 11 is 0. The number of hydrogen-bond acceptors (Lipinski definition) is 4. The van der Waals surface area contributed by atoms with Crippen LogP contribution >= 0.6 is 0 Å². The monoisotopic (exact) mass is 344 g/mol. The number of aromatic amines is 1. The van der Waals surface area contributed by atoms with Crippen LogP contribution in [-0.2, 0) is 6.42 Å². The van der Waals surface area contributed by atoms with Crippen LogP contribution in [0.15, 0.2) is 48.7 Å². The van der Waals surface area contributed by atoms with E-state index in [1.54, 1.807) is 6.20 Å². The zero-order chi connectivity index (χ0) is 17.9. The molecule has 0 saturated heterocycles. The Morgan fingerprint density at radius 1 is 1.27 bits per heavy atom. The third-order valence-electron chi connectivity index (χ3n) is 5.69. The Morgan fingerprint density at radius 2 is 2.08 bits per heavy atom. The molecule has 2 aliphatic carbocycles. The predicted octanol–water partition coefficient (Wildman–Crippen LogP) is 4.17. The van der Waals surface area contributed by atoms with Crippen molar-refractivity contribution < 1.29 is 4.79 Å². The minimum absolute atomic E-state index is 0.119. The third-order valence-corrected chi connectivity index (χ3v) is 5.69. The van der Waals surface area contributed by atoms with Gasteiger partial charge in [0.1, 0.15) is 5.82 Å². The van der Waals surface area contributed by atoms with Crippen LogP contribution in [-0.4, -0.2) is 15.8 Å². The molecule has 0 unspecified atom stereocenters. The minimum Gasteiger partial charge on any atom is -0.384 e. The molecule has 2 aromatic heterocycles. The van der Waals surface area contributed by atoms with E-state index >= 15 is 0 Å². The van der Waals surface area contributed by atoms with E-state index in [-0.39, 0.29) is 17.1 Å². The van der Waals surface area contributed by atoms with Crippen LogP contribution in [0.4, 0.5) is 17.2 Å². The van der Waals surface area contributed by atoms with Gasteiger partial charge in [-0.05, 0) is 42.5 Å². The number of aromatic nitrogens is 2. The van der Waals surface area contributed by atoms with E-state index in [2.05, 4.69) is 22.2 Å². The standard InChI is InChI=1S/C21H20N4O/c1-21-10-14(21)20(26)17-15(11-21)25-18(12-7-8-23-16(22)9-12)19(17)24-13-5-3-2-4-6-13/h2-9,14,24-25H,10-11H2,1H3,(H2,22,23)/t14-,21+/m0/s1. The summed E-state index contributed by atoms with van der Waals surface area (Å²) in [7, 11) is 0. The van der Waals surface area contributed by atoms with Gasteiger partial charge in [-0.1, -0.05) is 25.1 Å². The van der Waals surface area contributed by atoms with E-state index in [9.17, 15) is 4.79 Å². The van der Waals surface area contributed by atoms with Crippen molar-refractivity contribution in [2.45, 2.75) is 19.8 Å². The number of anilines is 3. The summed E-state index contributed by atoms with van der Waals surface area (Å²) in [5.41, 5.74) is 11.5. The molecule has 1 saturated carbocycles. The number of rotatable bonds is 3. The SMILES string of the molecule is C[C@@]12Cc3[nH]c(-c4ccnc(N)c4)c(Nc4ccccc4)c3C(=O)[C@@H]1C2. The summed E-state index contributed by atoms with van der Waals surface area (Å²) in [5.74, 6) is 0.857. The molecule has 5 nitrogen and oxygen atoms in total. The summed E-state index contributed by atoms with van der Waals surface area (Å²) in [6, 6.07) is 13.7. The maximum Gasteiger partial charge on any atom is 0.170 e. The second-order valence-electron chi connectivity index (χ2n) is 7.64. The summed E-state index contributed by atoms with van der Waals surface area (Å²) < 4.78 is 0. The first-order valence-corrected chi connectivity index (χ1v) is 8.88. The minimum atomic E-state index is 0.119. The number of benzene rings is 1. The fourth-order valence-electron chi connectivity index (χ4n) is 4.16. The fraction of sp³-hybridized carbons (Fsp3) is 0.238. The molecule has 1 aromatic carbocycles. The molecule has 0 bridgehead atoms. The highest BCUT2D eigenvalue weighted by Crippen LogP contribution is 2.60. The normalized spacial score (nSPS) is 23.3. The van der Waals surface area contributed by atoms with Crippen LogP contribution in [0.25, 0.3) is 11.3 Å². The van der Waals surface area contributed by atoms with E-state index in [1.807, 2.05) is 42.5 Å². The Bertz CT molecular complexity index is 1020. The van der Waals surface area contributed by atoms with Crippen LogP contribution in [0.2, 0.25) is 0 Å². The smallest absolute Gasteiger partial charge is 0.170 e. The zero-order valence-electron chi connectivity index (χ0n) is 14.5. The van der Waals surface area contributed by atoms with Gasteiger partial charge in [0.05, 0.1) is 16.9 Å². The van der Waals surface area contributed by atoms with Gasteiger partial charge >= 0.3 is 0 Å². The zero-order valence-corrected chi connectivity index (χ0v) is 14.5. The molecule has 2 atom stereocenters. The molecule has 0 spiro atoms. The molecular formula is C21H20N4O. The maximum absolute atomic E-state index is 13.1. The number of hydrogen-bond donors (Lipinski definition) is 3. The molecule has 1 fully saturated rings. The molecule has 0 amide bonds. The quantitative estimate of drug-likeness (QED) is 0.666. The number of carbonyl (C=O) groups excluding carboxylic acids is 1. The van der Waals surface area contributed by atoms with Crippen LogP contribution in [0.3, 0.4) is 0 Å². The summed E-state index contributed by atoms with van der Waals surface area (Å²) in [5, 5.41) is 3.47. The van der Waals surface area contributed by atoms with Gasteiger partial charge in [0, 0.05) is 29.1 Å². The van der Waals surface area contributed by atoms with E-state index in [1.165, 1.54) is 0 Å². The van der Waals surface area contributed by atoms with Crippen molar-refractivity contribution in [3.05, 3.63) is 59.9 Å². The van der Waals surface area contributed by atoms with Gasteiger partial charge in [-0.15, -0.1) is 0 Å². The first kappa shape index (κ1) is 15.2. The lowest BCUT2D eigenvalue weighted by Gasteiger charge is -2.18. The number of carbonyl (C=O) groups is 1. The van der Waals surface area contributed by atoms with Gasteiger partial charge in [0.2, 0.25) is 0 Å². The Morgan fingerprint density at radius 3 is 2.85 bits per heavy atom. The van der Waals surface area contributed by atoms with Crippen molar-refractivity contribution in [3.63, 3.8) is 0 Å². The van der Waals surface area contributed by atoms with Crippen LogP contribution in [0, 0.1) is 11.3 Å². The third kappa shape index (κ3) is 2.24. The maximum atomic E-state index is 13.1. The number of nitrogens with two attached hydrogens (primary N) is 1. The summed E-state index contributed by atoms with van der Waals surface area (Å²) in [6.07, 6.45) is 3.58. The Labute approximate surface area is 151 Å². The number of nitrogens with one attached hydrogen (secondary N) is 2. The van der Waals surface area contributed by atoms with E-state index in [0.29, 0.717) is 5.82 Å². The molecule has 130 valence electrons. The Balaban J connectivity index is 1.68. The van der Waals surface area contributed by atoms with Crippen LogP contribution in [0.5, 0.6) is 0 Å². The number of nitrogens with zero attached hydrogens (tertiary/aromatic N) is 1. The number of fused-ring (bicyclic) bond motifs is 2. The molecule has 2 aliphatic rings. The second kappa shape index (κ2) is 5.21. The first-order valence-electron chi connectivity index (χ1n) is 8.88. The predicted molar refractivity (Wildman–Crippen MR) is 102 cm³/mol. The fourth-order valence-corrected chi connectivity index (χ4v) is 4.16. The molecule has 5 rings (SSSR count). The lowest BCUT2D eigenvalue weighted by Crippen LogP contribution is -2.19. The van der Waals surface area contributed by atoms with Gasteiger partial charge in [-0.3, -0.25) is 4.79 Å². The van der Waals surface area contributed by atoms with E-state index < -0.39 is 0 Å². The molecular weight excluding hydrogens is 324 g/mol. The molecule has 26 heavy (non-hydrogen) atoms. The van der Waals surface area contributed by atoms with E-state index in [4.69, 9.17) is 5.73 Å². The summed E-state index contributed by atoms with van der Waals surface area (Å²) in [6.45, 7) is 2.20. The highest BCUT2D eigenvalue weighted by molar-refractivity contribution is 6.10. The van der Waals surface area contributed by atoms with Gasteiger partial charge in [-0.2, -0.15) is 0 Å². The largest absolute Gasteiger partial charge is 0.384 e. The molecule has 5 heteroatoms. The van der Waals surface area contributed by atoms with E-state index in [0.717, 1.165) is 46.7 Å². The summed E-state index contributed by atoms with van der Waals surface area (Å²) in [4.78, 5) is 20.7. The molecule has 0 radical (unpaired) electrons. The topological polar surface area (TPSA) is 83.8 Å². The average Bonchev–Trinajstić information content (AvgIpc) is 3.19. The van der Waals surface area contributed by atoms with Crippen molar-refractivity contribution in [1.29, 1.82) is 0 Å². The first-order chi connectivity index (χ1) is 12.5. The van der Waals surface area contributed by atoms with Crippen molar-refractivity contribution in [2.24, 2.45) is 11.3 Å². The van der Waals surface area contributed by atoms with Crippen LogP contribution in [0.1, 0.15) is 29.4 Å². The molecule has 3 aromatic rings. The van der Waals surface area contributed by atoms with Crippen molar-refractivity contribution in [2.75, 3.05) is 11.1 Å². The number of Topliss-reactive ketones (excluding diaryl/α,β-unsaturated/α-hetero) is 1. The molecule has 0 aliphatic heterocycles. The van der Waals surface area contributed by atoms with Crippen molar-refractivity contribution in [3.8, 4) is 11.3 Å². The highest BCUT2D eigenvalue weighted by Gasteiger charge is 2.58. The highest BCUT2D eigenvalue weighted by atomic mass is 16.1. The second-order valence-corrected chi connectivity index (χ2v) is 7.64. The Kier molecular flexibility index (Phi) is 3.04. The number of pyridine rings is 1. The lowest BCUT2D eigenvalue weighted by molar-refractivity contribution is 0.0941. The molecule has 4 N–H and O–H groups in total. The number of nitrogen functional groups attached to an aromatic ring is 1. The van der Waals surface area contributed by atoms with Gasteiger partial charge < -0.3 is 16.0 Å².